The maximum Gasteiger partial charge on any atom is 0.213 e. The van der Waals surface area contributed by atoms with Crippen LogP contribution in [0.25, 0.3) is 11.0 Å². The number of aromatic amines is 1. The molecule has 2 aromatic heterocycles. The van der Waals surface area contributed by atoms with Crippen LogP contribution in [0.2, 0.25) is 0 Å². The van der Waals surface area contributed by atoms with Gasteiger partial charge in [0.05, 0.1) is 11.1 Å². The van der Waals surface area contributed by atoms with E-state index in [1.807, 2.05) is 12.3 Å². The minimum absolute atomic E-state index is 0.164. The molecule has 0 bridgehead atoms. The van der Waals surface area contributed by atoms with Crippen LogP contribution in [-0.2, 0) is 10.0 Å². The van der Waals surface area contributed by atoms with Crippen molar-refractivity contribution in [3.63, 3.8) is 0 Å². The molecule has 3 heterocycles. The fourth-order valence-corrected chi connectivity index (χ4v) is 4.23. The van der Waals surface area contributed by atoms with Crippen molar-refractivity contribution < 1.29 is 8.42 Å². The Morgan fingerprint density at radius 1 is 1.43 bits per heavy atom. The second kappa shape index (κ2) is 6.45. The van der Waals surface area contributed by atoms with Crippen molar-refractivity contribution in [2.24, 2.45) is 11.8 Å². The number of sulfonamides is 1. The Bertz CT molecular complexity index is 773. The van der Waals surface area contributed by atoms with Gasteiger partial charge in [0, 0.05) is 25.8 Å². The van der Waals surface area contributed by atoms with Gasteiger partial charge in [-0.2, -0.15) is 0 Å². The van der Waals surface area contributed by atoms with E-state index in [2.05, 4.69) is 27.2 Å². The standard InChI is InChI=1S/C15H23N5O2S/c1-3-23(21,22)20-7-5-11(2)12(9-20)8-17-15-13-4-6-16-14(13)18-10-19-15/h4,6,10-12H,3,5,7-9H2,1-2H3,(H2,16,17,18,19). The molecule has 1 fully saturated rings. The molecule has 2 aromatic rings. The van der Waals surface area contributed by atoms with E-state index in [9.17, 15) is 8.42 Å². The van der Waals surface area contributed by atoms with Crippen LogP contribution < -0.4 is 5.32 Å². The summed E-state index contributed by atoms with van der Waals surface area (Å²) < 4.78 is 25.8. The van der Waals surface area contributed by atoms with E-state index in [4.69, 9.17) is 0 Å². The minimum Gasteiger partial charge on any atom is -0.369 e. The molecule has 126 valence electrons. The van der Waals surface area contributed by atoms with Crippen molar-refractivity contribution in [2.45, 2.75) is 20.3 Å². The average molecular weight is 337 g/mol. The van der Waals surface area contributed by atoms with E-state index in [1.165, 1.54) is 6.33 Å². The molecule has 0 spiro atoms. The first-order valence-corrected chi connectivity index (χ1v) is 9.62. The molecule has 23 heavy (non-hydrogen) atoms. The van der Waals surface area contributed by atoms with Crippen LogP contribution in [0.4, 0.5) is 5.82 Å². The third-order valence-electron chi connectivity index (χ3n) is 4.72. The van der Waals surface area contributed by atoms with Gasteiger partial charge in [-0.1, -0.05) is 6.92 Å². The molecule has 0 saturated carbocycles. The lowest BCUT2D eigenvalue weighted by molar-refractivity contribution is 0.207. The molecular weight excluding hydrogens is 314 g/mol. The highest BCUT2D eigenvalue weighted by Crippen LogP contribution is 2.26. The molecule has 8 heteroatoms. The number of nitrogens with zero attached hydrogens (tertiary/aromatic N) is 3. The summed E-state index contributed by atoms with van der Waals surface area (Å²) in [5.74, 6) is 1.71. The number of fused-ring (bicyclic) bond motifs is 1. The zero-order chi connectivity index (χ0) is 16.4. The normalized spacial score (nSPS) is 23.2. The highest BCUT2D eigenvalue weighted by Gasteiger charge is 2.31. The Balaban J connectivity index is 1.70. The van der Waals surface area contributed by atoms with Crippen molar-refractivity contribution >= 4 is 26.9 Å². The quantitative estimate of drug-likeness (QED) is 0.866. The highest BCUT2D eigenvalue weighted by atomic mass is 32.2. The Morgan fingerprint density at radius 3 is 3.04 bits per heavy atom. The molecule has 0 radical (unpaired) electrons. The van der Waals surface area contributed by atoms with Crippen LogP contribution in [0.5, 0.6) is 0 Å². The zero-order valence-corrected chi connectivity index (χ0v) is 14.3. The van der Waals surface area contributed by atoms with Crippen molar-refractivity contribution in [3.05, 3.63) is 18.6 Å². The molecule has 2 unspecified atom stereocenters. The van der Waals surface area contributed by atoms with Gasteiger partial charge in [-0.3, -0.25) is 0 Å². The van der Waals surface area contributed by atoms with Crippen LogP contribution in [0.1, 0.15) is 20.3 Å². The second-order valence-corrected chi connectivity index (χ2v) is 8.39. The maximum absolute atomic E-state index is 12.1. The van der Waals surface area contributed by atoms with Gasteiger partial charge >= 0.3 is 0 Å². The molecule has 1 aliphatic heterocycles. The van der Waals surface area contributed by atoms with Crippen molar-refractivity contribution in [1.82, 2.24) is 19.3 Å². The first-order chi connectivity index (χ1) is 11.0. The number of hydrogen-bond acceptors (Lipinski definition) is 5. The monoisotopic (exact) mass is 337 g/mol. The van der Waals surface area contributed by atoms with Crippen LogP contribution >= 0.6 is 0 Å². The molecule has 0 amide bonds. The van der Waals surface area contributed by atoms with Crippen molar-refractivity contribution in [3.8, 4) is 0 Å². The summed E-state index contributed by atoms with van der Waals surface area (Å²) in [6.07, 6.45) is 4.26. The van der Waals surface area contributed by atoms with Crippen LogP contribution in [0.3, 0.4) is 0 Å². The summed E-state index contributed by atoms with van der Waals surface area (Å²) in [5, 5.41) is 4.32. The number of anilines is 1. The topological polar surface area (TPSA) is 91.0 Å². The summed E-state index contributed by atoms with van der Waals surface area (Å²) >= 11 is 0. The van der Waals surface area contributed by atoms with Gasteiger partial charge in [0.25, 0.3) is 0 Å². The van der Waals surface area contributed by atoms with E-state index in [0.717, 1.165) is 23.3 Å². The average Bonchev–Trinajstić information content (AvgIpc) is 3.03. The molecule has 2 atom stereocenters. The van der Waals surface area contributed by atoms with E-state index in [1.54, 1.807) is 11.2 Å². The summed E-state index contributed by atoms with van der Waals surface area (Å²) in [6, 6.07) is 1.94. The van der Waals surface area contributed by atoms with E-state index in [-0.39, 0.29) is 11.7 Å². The molecule has 0 aliphatic carbocycles. The fourth-order valence-electron chi connectivity index (χ4n) is 3.06. The number of rotatable bonds is 5. The first-order valence-electron chi connectivity index (χ1n) is 8.01. The number of hydrogen-bond donors (Lipinski definition) is 2. The fraction of sp³-hybridized carbons (Fsp3) is 0.600. The predicted octanol–water partition coefficient (Wildman–Crippen LogP) is 1.68. The largest absolute Gasteiger partial charge is 0.369 e. The molecule has 7 nitrogen and oxygen atoms in total. The molecule has 1 aliphatic rings. The first kappa shape index (κ1) is 16.2. The van der Waals surface area contributed by atoms with Crippen LogP contribution in [0.15, 0.2) is 18.6 Å². The SMILES string of the molecule is CCS(=O)(=O)N1CCC(C)C(CNc2ncnc3[nH]ccc23)C1. The van der Waals surface area contributed by atoms with Gasteiger partial charge in [-0.05, 0) is 31.2 Å². The number of aromatic nitrogens is 3. The summed E-state index contributed by atoms with van der Waals surface area (Å²) in [4.78, 5) is 11.5. The molecule has 1 saturated heterocycles. The second-order valence-electron chi connectivity index (χ2n) is 6.13. The lowest BCUT2D eigenvalue weighted by atomic mass is 9.88. The van der Waals surface area contributed by atoms with Gasteiger partial charge in [0.1, 0.15) is 17.8 Å². The van der Waals surface area contributed by atoms with E-state index < -0.39 is 10.0 Å². The highest BCUT2D eigenvalue weighted by molar-refractivity contribution is 7.89. The minimum atomic E-state index is -3.11. The zero-order valence-electron chi connectivity index (χ0n) is 13.5. The molecule has 2 N–H and O–H groups in total. The number of piperidine rings is 1. The predicted molar refractivity (Wildman–Crippen MR) is 90.7 cm³/mol. The third kappa shape index (κ3) is 3.32. The Morgan fingerprint density at radius 2 is 2.26 bits per heavy atom. The summed E-state index contributed by atoms with van der Waals surface area (Å²) in [6.45, 7) is 5.79. The Labute approximate surface area is 136 Å². The van der Waals surface area contributed by atoms with Crippen molar-refractivity contribution in [2.75, 3.05) is 30.7 Å². The van der Waals surface area contributed by atoms with Crippen LogP contribution in [0, 0.1) is 11.8 Å². The maximum atomic E-state index is 12.1. The molecular formula is C15H23N5O2S. The lowest BCUT2D eigenvalue weighted by Gasteiger charge is -2.36. The Hall–Kier alpha value is -1.67. The van der Waals surface area contributed by atoms with Gasteiger partial charge in [0.2, 0.25) is 10.0 Å². The van der Waals surface area contributed by atoms with E-state index in [0.29, 0.717) is 25.6 Å². The number of H-pyrrole nitrogens is 1. The van der Waals surface area contributed by atoms with Crippen LogP contribution in [-0.4, -0.2) is 53.1 Å². The van der Waals surface area contributed by atoms with Gasteiger partial charge < -0.3 is 10.3 Å². The van der Waals surface area contributed by atoms with E-state index >= 15 is 0 Å². The van der Waals surface area contributed by atoms with Gasteiger partial charge in [-0.25, -0.2) is 22.7 Å². The molecule has 3 rings (SSSR count). The number of nitrogens with one attached hydrogen (secondary N) is 2. The van der Waals surface area contributed by atoms with Gasteiger partial charge in [0.15, 0.2) is 0 Å². The van der Waals surface area contributed by atoms with Gasteiger partial charge in [-0.15, -0.1) is 0 Å². The Kier molecular flexibility index (Phi) is 4.54. The molecule has 0 aromatic carbocycles. The summed E-state index contributed by atoms with van der Waals surface area (Å²) in [5.41, 5.74) is 0.800. The third-order valence-corrected chi connectivity index (χ3v) is 6.57. The smallest absolute Gasteiger partial charge is 0.213 e. The summed E-state index contributed by atoms with van der Waals surface area (Å²) in [7, 11) is -3.11. The lowest BCUT2D eigenvalue weighted by Crippen LogP contribution is -2.45. The van der Waals surface area contributed by atoms with Crippen molar-refractivity contribution in [1.29, 1.82) is 0 Å².